The number of amides is 1. The summed E-state index contributed by atoms with van der Waals surface area (Å²) in [7, 11) is 1.86. The van der Waals surface area contributed by atoms with Gasteiger partial charge in [-0.3, -0.25) is 4.79 Å². The molecule has 128 valence electrons. The van der Waals surface area contributed by atoms with Gasteiger partial charge in [-0.15, -0.1) is 10.2 Å². The number of halogens is 2. The molecule has 25 heavy (non-hydrogen) atoms. The molecule has 0 aliphatic carbocycles. The Hall–Kier alpha value is -1.58. The molecule has 0 spiro atoms. The highest BCUT2D eigenvalue weighted by Crippen LogP contribution is 2.28. The predicted molar refractivity (Wildman–Crippen MR) is 110 cm³/mol. The molecule has 0 radical (unpaired) electrons. The molecule has 0 aliphatic rings. The molecule has 0 saturated heterocycles. The first-order valence-corrected chi connectivity index (χ1v) is 9.81. The Morgan fingerprint density at radius 1 is 1.20 bits per heavy atom. The van der Waals surface area contributed by atoms with Crippen LogP contribution in [-0.4, -0.2) is 26.4 Å². The molecule has 1 aromatic heterocycles. The Bertz CT molecular complexity index is 898. The van der Waals surface area contributed by atoms with Crippen molar-refractivity contribution in [3.05, 3.63) is 57.1 Å². The first-order chi connectivity index (χ1) is 12.0. The first-order valence-electron chi connectivity index (χ1n) is 7.37. The Labute approximate surface area is 168 Å². The molecule has 1 N–H and O–H groups in total. The maximum Gasteiger partial charge on any atom is 0.234 e. The predicted octanol–water partition coefficient (Wildman–Crippen LogP) is 4.47. The summed E-state index contributed by atoms with van der Waals surface area (Å²) in [5, 5.41) is 12.5. The molecule has 3 rings (SSSR count). The molecule has 1 heterocycles. The van der Waals surface area contributed by atoms with Gasteiger partial charge in [-0.25, -0.2) is 0 Å². The molecule has 0 bridgehead atoms. The quantitative estimate of drug-likeness (QED) is 0.429. The van der Waals surface area contributed by atoms with Crippen LogP contribution in [0.15, 0.2) is 53.7 Å². The van der Waals surface area contributed by atoms with E-state index < -0.39 is 0 Å². The molecule has 0 fully saturated rings. The highest BCUT2D eigenvalue weighted by Gasteiger charge is 2.14. The summed E-state index contributed by atoms with van der Waals surface area (Å²) in [6.45, 7) is 0. The van der Waals surface area contributed by atoms with E-state index in [1.54, 1.807) is 0 Å². The molecular formula is C17H14ClIN4OS. The van der Waals surface area contributed by atoms with Gasteiger partial charge in [0.25, 0.3) is 0 Å². The molecule has 3 aromatic rings. The van der Waals surface area contributed by atoms with E-state index >= 15 is 0 Å². The first kappa shape index (κ1) is 18.2. The number of carbonyl (C=O) groups is 1. The van der Waals surface area contributed by atoms with Crippen molar-refractivity contribution >= 4 is 57.5 Å². The number of benzene rings is 2. The van der Waals surface area contributed by atoms with E-state index in [9.17, 15) is 4.79 Å². The minimum atomic E-state index is -0.0894. The van der Waals surface area contributed by atoms with Gasteiger partial charge in [-0.1, -0.05) is 35.5 Å². The van der Waals surface area contributed by atoms with Crippen LogP contribution in [0.25, 0.3) is 11.4 Å². The lowest BCUT2D eigenvalue weighted by Crippen LogP contribution is -2.14. The smallest absolute Gasteiger partial charge is 0.234 e. The fourth-order valence-corrected chi connectivity index (χ4v) is 3.47. The Kier molecular flexibility index (Phi) is 5.98. The van der Waals surface area contributed by atoms with Gasteiger partial charge in [0.1, 0.15) is 0 Å². The number of rotatable bonds is 5. The SMILES string of the molecule is Cn1c(SCC(=O)Nc2ccc(I)cc2)nnc1-c1ccccc1Cl. The van der Waals surface area contributed by atoms with Crippen LogP contribution in [0.5, 0.6) is 0 Å². The molecule has 8 heteroatoms. The van der Waals surface area contributed by atoms with Crippen LogP contribution in [0.4, 0.5) is 5.69 Å². The van der Waals surface area contributed by atoms with Crippen LogP contribution >= 0.6 is 46.0 Å². The van der Waals surface area contributed by atoms with Crippen LogP contribution < -0.4 is 5.32 Å². The summed E-state index contributed by atoms with van der Waals surface area (Å²) in [5.74, 6) is 0.833. The van der Waals surface area contributed by atoms with E-state index in [0.29, 0.717) is 16.0 Å². The molecular weight excluding hydrogens is 471 g/mol. The number of thioether (sulfide) groups is 1. The van der Waals surface area contributed by atoms with Gasteiger partial charge in [0, 0.05) is 21.9 Å². The van der Waals surface area contributed by atoms with Crippen LogP contribution in [-0.2, 0) is 11.8 Å². The van der Waals surface area contributed by atoms with Crippen molar-refractivity contribution in [2.75, 3.05) is 11.1 Å². The third kappa shape index (κ3) is 4.53. The summed E-state index contributed by atoms with van der Waals surface area (Å²) in [5.41, 5.74) is 1.59. The van der Waals surface area contributed by atoms with Crippen LogP contribution in [0.3, 0.4) is 0 Å². The minimum absolute atomic E-state index is 0.0894. The number of anilines is 1. The Balaban J connectivity index is 1.65. The second-order valence-corrected chi connectivity index (χ2v) is 7.78. The van der Waals surface area contributed by atoms with Gasteiger partial charge in [0.15, 0.2) is 11.0 Å². The maximum atomic E-state index is 12.1. The van der Waals surface area contributed by atoms with Crippen molar-refractivity contribution in [2.45, 2.75) is 5.16 Å². The number of carbonyl (C=O) groups excluding carboxylic acids is 1. The van der Waals surface area contributed by atoms with E-state index in [1.807, 2.05) is 60.1 Å². The third-order valence-corrected chi connectivity index (χ3v) is 5.48. The lowest BCUT2D eigenvalue weighted by Gasteiger charge is -2.06. The maximum absolute atomic E-state index is 12.1. The topological polar surface area (TPSA) is 59.8 Å². The van der Waals surface area contributed by atoms with Crippen molar-refractivity contribution in [2.24, 2.45) is 7.05 Å². The number of nitrogens with one attached hydrogen (secondary N) is 1. The highest BCUT2D eigenvalue weighted by molar-refractivity contribution is 14.1. The monoisotopic (exact) mass is 484 g/mol. The van der Waals surface area contributed by atoms with Crippen LogP contribution in [0.2, 0.25) is 5.02 Å². The van der Waals surface area contributed by atoms with Gasteiger partial charge >= 0.3 is 0 Å². The van der Waals surface area contributed by atoms with Gasteiger partial charge in [-0.2, -0.15) is 0 Å². The van der Waals surface area contributed by atoms with Crippen molar-refractivity contribution in [1.82, 2.24) is 14.8 Å². The van der Waals surface area contributed by atoms with Crippen LogP contribution in [0, 0.1) is 3.57 Å². The van der Waals surface area contributed by atoms with Crippen molar-refractivity contribution in [3.8, 4) is 11.4 Å². The fraction of sp³-hybridized carbons (Fsp3) is 0.118. The van der Waals surface area contributed by atoms with Crippen molar-refractivity contribution < 1.29 is 4.79 Å². The molecule has 5 nitrogen and oxygen atoms in total. The summed E-state index contributed by atoms with van der Waals surface area (Å²) in [6, 6.07) is 15.1. The van der Waals surface area contributed by atoms with Crippen molar-refractivity contribution in [1.29, 1.82) is 0 Å². The lowest BCUT2D eigenvalue weighted by molar-refractivity contribution is -0.113. The molecule has 1 amide bonds. The Morgan fingerprint density at radius 3 is 2.64 bits per heavy atom. The van der Waals surface area contributed by atoms with Gasteiger partial charge in [-0.05, 0) is 59.0 Å². The zero-order valence-electron chi connectivity index (χ0n) is 13.2. The van der Waals surface area contributed by atoms with E-state index in [4.69, 9.17) is 11.6 Å². The molecule has 0 unspecified atom stereocenters. The standard InChI is InChI=1S/C17H14ClIN4OS/c1-23-16(13-4-2-3-5-14(13)18)21-22-17(23)25-10-15(24)20-12-8-6-11(19)7-9-12/h2-9H,10H2,1H3,(H,20,24). The number of hydrogen-bond donors (Lipinski definition) is 1. The van der Waals surface area contributed by atoms with Gasteiger partial charge in [0.2, 0.25) is 5.91 Å². The summed E-state index contributed by atoms with van der Waals surface area (Å²) < 4.78 is 2.96. The normalized spacial score (nSPS) is 10.7. The van der Waals surface area contributed by atoms with E-state index in [-0.39, 0.29) is 11.7 Å². The zero-order valence-corrected chi connectivity index (χ0v) is 17.0. The molecule has 0 saturated carbocycles. The highest BCUT2D eigenvalue weighted by atomic mass is 127. The number of nitrogens with zero attached hydrogens (tertiary/aromatic N) is 3. The van der Waals surface area contributed by atoms with E-state index in [2.05, 4.69) is 38.1 Å². The largest absolute Gasteiger partial charge is 0.325 e. The van der Waals surface area contributed by atoms with E-state index in [0.717, 1.165) is 14.8 Å². The summed E-state index contributed by atoms with van der Waals surface area (Å²) in [4.78, 5) is 12.1. The average Bonchev–Trinajstić information content (AvgIpc) is 2.96. The third-order valence-electron chi connectivity index (χ3n) is 3.41. The lowest BCUT2D eigenvalue weighted by atomic mass is 10.2. The van der Waals surface area contributed by atoms with Gasteiger partial charge < -0.3 is 9.88 Å². The zero-order chi connectivity index (χ0) is 17.8. The molecule has 2 aromatic carbocycles. The second-order valence-electron chi connectivity index (χ2n) is 5.19. The van der Waals surface area contributed by atoms with Crippen LogP contribution in [0.1, 0.15) is 0 Å². The summed E-state index contributed by atoms with van der Waals surface area (Å²) >= 11 is 9.77. The number of hydrogen-bond acceptors (Lipinski definition) is 4. The summed E-state index contributed by atoms with van der Waals surface area (Å²) in [6.07, 6.45) is 0. The second kappa shape index (κ2) is 8.20. The van der Waals surface area contributed by atoms with Crippen molar-refractivity contribution in [3.63, 3.8) is 0 Å². The van der Waals surface area contributed by atoms with E-state index in [1.165, 1.54) is 11.8 Å². The Morgan fingerprint density at radius 2 is 1.92 bits per heavy atom. The molecule has 0 atom stereocenters. The van der Waals surface area contributed by atoms with Gasteiger partial charge in [0.05, 0.1) is 10.8 Å². The average molecular weight is 485 g/mol. The minimum Gasteiger partial charge on any atom is -0.325 e. The molecule has 0 aliphatic heterocycles. The number of aromatic nitrogens is 3. The fourth-order valence-electron chi connectivity index (χ4n) is 2.18.